The van der Waals surface area contributed by atoms with E-state index in [-0.39, 0.29) is 5.56 Å². The van der Waals surface area contributed by atoms with Crippen molar-refractivity contribution in [3.63, 3.8) is 0 Å². The van der Waals surface area contributed by atoms with Gasteiger partial charge in [0.25, 0.3) is 5.56 Å². The Morgan fingerprint density at radius 2 is 2.19 bits per heavy atom. The van der Waals surface area contributed by atoms with Crippen molar-refractivity contribution >= 4 is 23.5 Å². The number of nitrogens with one attached hydrogen (secondary N) is 2. The molecule has 2 N–H and O–H groups in total. The van der Waals surface area contributed by atoms with Gasteiger partial charge in [0, 0.05) is 11.4 Å². The summed E-state index contributed by atoms with van der Waals surface area (Å²) in [6, 6.07) is 7.75. The van der Waals surface area contributed by atoms with Crippen LogP contribution < -0.4 is 10.9 Å². The molecule has 2 aromatic rings. The Kier molecular flexibility index (Phi) is 5.51. The summed E-state index contributed by atoms with van der Waals surface area (Å²) in [4.78, 5) is 32.8. The summed E-state index contributed by atoms with van der Waals surface area (Å²) in [5.74, 6) is 0.0672. The first kappa shape index (κ1) is 19.0. The lowest BCUT2D eigenvalue weighted by molar-refractivity contribution is -0.136. The lowest BCUT2D eigenvalue weighted by atomic mass is 9.82. The molecule has 0 saturated heterocycles. The van der Waals surface area contributed by atoms with Gasteiger partial charge in [0.05, 0.1) is 24.2 Å². The van der Waals surface area contributed by atoms with Crippen LogP contribution in [0.15, 0.2) is 58.1 Å². The summed E-state index contributed by atoms with van der Waals surface area (Å²) in [7, 11) is 1.34. The van der Waals surface area contributed by atoms with E-state index in [1.807, 2.05) is 31.2 Å². The van der Waals surface area contributed by atoms with Crippen LogP contribution in [-0.2, 0) is 9.53 Å². The van der Waals surface area contributed by atoms with E-state index in [0.717, 1.165) is 11.1 Å². The number of aromatic nitrogens is 2. The average molecular weight is 383 g/mol. The van der Waals surface area contributed by atoms with Crippen LogP contribution >= 0.6 is 11.8 Å². The van der Waals surface area contributed by atoms with E-state index < -0.39 is 11.9 Å². The second-order valence-electron chi connectivity index (χ2n) is 6.24. The number of allylic oxidation sites excluding steroid dienone is 1. The first-order chi connectivity index (χ1) is 13.0. The van der Waals surface area contributed by atoms with E-state index in [9.17, 15) is 9.59 Å². The van der Waals surface area contributed by atoms with E-state index in [1.165, 1.54) is 18.9 Å². The predicted octanol–water partition coefficient (Wildman–Crippen LogP) is 3.36. The molecule has 1 aliphatic heterocycles. The van der Waals surface area contributed by atoms with Crippen LogP contribution in [0.2, 0.25) is 0 Å². The molecule has 2 heterocycles. The molecular formula is C20H21N3O3S. The van der Waals surface area contributed by atoms with Crippen LogP contribution in [0, 0.1) is 6.92 Å². The average Bonchev–Trinajstić information content (AvgIpc) is 2.64. The number of thioether (sulfide) groups is 1. The van der Waals surface area contributed by atoms with Crippen molar-refractivity contribution < 1.29 is 9.53 Å². The number of ether oxygens (including phenoxy) is 1. The molecule has 0 aliphatic carbocycles. The molecule has 1 atom stereocenters. The summed E-state index contributed by atoms with van der Waals surface area (Å²) in [5.41, 5.74) is 3.05. The van der Waals surface area contributed by atoms with Gasteiger partial charge < -0.3 is 15.0 Å². The Bertz CT molecular complexity index is 994. The first-order valence-corrected chi connectivity index (χ1v) is 9.45. The molecule has 3 rings (SSSR count). The zero-order valence-electron chi connectivity index (χ0n) is 15.5. The number of aromatic amines is 1. The van der Waals surface area contributed by atoms with Gasteiger partial charge in [0.1, 0.15) is 5.82 Å². The summed E-state index contributed by atoms with van der Waals surface area (Å²) in [6.07, 6.45) is 1.74. The van der Waals surface area contributed by atoms with Gasteiger partial charge in [-0.05, 0) is 19.4 Å². The minimum absolute atomic E-state index is 0.278. The molecule has 27 heavy (non-hydrogen) atoms. The zero-order valence-corrected chi connectivity index (χ0v) is 16.3. The number of benzene rings is 1. The van der Waals surface area contributed by atoms with Crippen LogP contribution in [0.1, 0.15) is 29.5 Å². The number of carbonyl (C=O) groups excluding carboxylic acids is 1. The number of aryl methyl sites for hydroxylation is 1. The minimum Gasteiger partial charge on any atom is -0.466 e. The zero-order chi connectivity index (χ0) is 19.6. The highest BCUT2D eigenvalue weighted by Gasteiger charge is 2.36. The lowest BCUT2D eigenvalue weighted by Crippen LogP contribution is -2.31. The quantitative estimate of drug-likeness (QED) is 0.356. The standard InChI is InChI=1S/C20H21N3O3S/c1-5-9-27-20-22-17-16(18(24)23-20)15(13-8-6-7-11(2)10-13)14(12(3)21-17)19(25)26-4/h5-8,10,15H,1,9H2,2-4H3,(H2,21,22,23,24)/t15-/m0/s1. The first-order valence-electron chi connectivity index (χ1n) is 8.46. The summed E-state index contributed by atoms with van der Waals surface area (Å²) >= 11 is 1.39. The number of hydrogen-bond donors (Lipinski definition) is 2. The Hall–Kier alpha value is -2.80. The number of H-pyrrole nitrogens is 1. The molecule has 7 heteroatoms. The normalized spacial score (nSPS) is 15.7. The van der Waals surface area contributed by atoms with Crippen LogP contribution in [0.4, 0.5) is 5.82 Å². The second-order valence-corrected chi connectivity index (χ2v) is 7.24. The Balaban J connectivity index is 2.23. The molecular weight excluding hydrogens is 362 g/mol. The fourth-order valence-electron chi connectivity index (χ4n) is 3.20. The molecule has 6 nitrogen and oxygen atoms in total. The smallest absolute Gasteiger partial charge is 0.336 e. The maximum Gasteiger partial charge on any atom is 0.336 e. The van der Waals surface area contributed by atoms with Crippen molar-refractivity contribution in [2.45, 2.75) is 24.9 Å². The van der Waals surface area contributed by atoms with Crippen LogP contribution in [0.5, 0.6) is 0 Å². The van der Waals surface area contributed by atoms with Gasteiger partial charge in [-0.25, -0.2) is 9.78 Å². The third-order valence-corrected chi connectivity index (χ3v) is 5.21. The summed E-state index contributed by atoms with van der Waals surface area (Å²) < 4.78 is 4.99. The number of carbonyl (C=O) groups is 1. The predicted molar refractivity (Wildman–Crippen MR) is 107 cm³/mol. The summed E-state index contributed by atoms with van der Waals surface area (Å²) in [5, 5.41) is 3.61. The molecule has 0 bridgehead atoms. The van der Waals surface area contributed by atoms with Gasteiger partial charge in [-0.3, -0.25) is 4.79 Å². The van der Waals surface area contributed by atoms with Gasteiger partial charge in [0.15, 0.2) is 5.16 Å². The monoisotopic (exact) mass is 383 g/mol. The van der Waals surface area contributed by atoms with E-state index in [0.29, 0.717) is 33.6 Å². The van der Waals surface area contributed by atoms with Gasteiger partial charge in [-0.15, -0.1) is 6.58 Å². The molecule has 0 fully saturated rings. The Labute approximate surface area is 161 Å². The topological polar surface area (TPSA) is 84.1 Å². The Morgan fingerprint density at radius 1 is 1.41 bits per heavy atom. The van der Waals surface area contributed by atoms with Crippen LogP contribution in [0.25, 0.3) is 0 Å². The lowest BCUT2D eigenvalue weighted by Gasteiger charge is -2.28. The fourth-order valence-corrected chi connectivity index (χ4v) is 3.80. The molecule has 1 aromatic carbocycles. The number of rotatable bonds is 5. The minimum atomic E-state index is -0.552. The molecule has 140 valence electrons. The van der Waals surface area contributed by atoms with E-state index in [2.05, 4.69) is 21.9 Å². The van der Waals surface area contributed by atoms with Gasteiger partial charge in [0.2, 0.25) is 0 Å². The van der Waals surface area contributed by atoms with Gasteiger partial charge in [-0.1, -0.05) is 47.7 Å². The molecule has 1 aliphatic rings. The molecule has 0 saturated carbocycles. The Morgan fingerprint density at radius 3 is 2.85 bits per heavy atom. The highest BCUT2D eigenvalue weighted by atomic mass is 32.2. The second kappa shape index (κ2) is 7.84. The van der Waals surface area contributed by atoms with E-state index in [4.69, 9.17) is 4.74 Å². The molecule has 0 amide bonds. The van der Waals surface area contributed by atoms with E-state index >= 15 is 0 Å². The molecule has 0 radical (unpaired) electrons. The van der Waals surface area contributed by atoms with Crippen molar-refractivity contribution in [1.29, 1.82) is 0 Å². The van der Waals surface area contributed by atoms with Crippen molar-refractivity contribution in [2.75, 3.05) is 18.2 Å². The molecule has 1 aromatic heterocycles. The number of anilines is 1. The number of esters is 1. The van der Waals surface area contributed by atoms with E-state index in [1.54, 1.807) is 13.0 Å². The van der Waals surface area contributed by atoms with Crippen molar-refractivity contribution in [1.82, 2.24) is 9.97 Å². The largest absolute Gasteiger partial charge is 0.466 e. The van der Waals surface area contributed by atoms with Gasteiger partial charge >= 0.3 is 5.97 Å². The maximum atomic E-state index is 12.9. The van der Waals surface area contributed by atoms with Crippen molar-refractivity contribution in [2.24, 2.45) is 0 Å². The SMILES string of the molecule is C=CCSc1nc2c(c(=O)[nH]1)[C@@H](c1cccc(C)c1)C(C(=O)OC)=C(C)N2. The number of nitrogens with zero attached hydrogens (tertiary/aromatic N) is 1. The number of hydrogen-bond acceptors (Lipinski definition) is 6. The third-order valence-electron chi connectivity index (χ3n) is 4.34. The highest BCUT2D eigenvalue weighted by molar-refractivity contribution is 7.99. The van der Waals surface area contributed by atoms with Gasteiger partial charge in [-0.2, -0.15) is 0 Å². The maximum absolute atomic E-state index is 12.9. The van der Waals surface area contributed by atoms with Crippen molar-refractivity contribution in [3.8, 4) is 0 Å². The number of methoxy groups -OCH3 is 1. The van der Waals surface area contributed by atoms with Crippen molar-refractivity contribution in [3.05, 3.63) is 75.2 Å². The number of fused-ring (bicyclic) bond motifs is 1. The summed E-state index contributed by atoms with van der Waals surface area (Å²) in [6.45, 7) is 7.44. The molecule has 0 unspecified atom stereocenters. The molecule has 0 spiro atoms. The fraction of sp³-hybridized carbons (Fsp3) is 0.250. The van der Waals surface area contributed by atoms with Crippen LogP contribution in [-0.4, -0.2) is 28.8 Å². The van der Waals surface area contributed by atoms with Crippen LogP contribution in [0.3, 0.4) is 0 Å². The highest BCUT2D eigenvalue weighted by Crippen LogP contribution is 2.40. The third kappa shape index (κ3) is 3.68.